The molecule has 3 aliphatic rings. The van der Waals surface area contributed by atoms with Crippen LogP contribution in [0.4, 0.5) is 0 Å². The van der Waals surface area contributed by atoms with Crippen molar-refractivity contribution in [2.45, 2.75) is 46.0 Å². The van der Waals surface area contributed by atoms with E-state index < -0.39 is 5.41 Å². The number of likely N-dealkylation sites (tertiary alicyclic amines) is 1. The normalized spacial score (nSPS) is 29.6. The summed E-state index contributed by atoms with van der Waals surface area (Å²) in [7, 11) is 3.30. The van der Waals surface area contributed by atoms with Crippen LogP contribution in [0.15, 0.2) is 0 Å². The van der Waals surface area contributed by atoms with Crippen molar-refractivity contribution in [3.05, 3.63) is 17.0 Å². The van der Waals surface area contributed by atoms with Crippen LogP contribution in [0.1, 0.15) is 54.9 Å². The zero-order valence-electron chi connectivity index (χ0n) is 15.6. The lowest BCUT2D eigenvalue weighted by Gasteiger charge is -2.54. The van der Waals surface area contributed by atoms with Gasteiger partial charge in [-0.3, -0.25) is 14.3 Å². The fourth-order valence-electron chi connectivity index (χ4n) is 5.63. The van der Waals surface area contributed by atoms with E-state index >= 15 is 0 Å². The Morgan fingerprint density at radius 3 is 2.64 bits per heavy atom. The van der Waals surface area contributed by atoms with Gasteiger partial charge in [0.25, 0.3) is 5.91 Å². The maximum atomic E-state index is 13.3. The van der Waals surface area contributed by atoms with Crippen LogP contribution in [0, 0.1) is 16.7 Å². The van der Waals surface area contributed by atoms with Crippen LogP contribution in [0.3, 0.4) is 0 Å². The highest BCUT2D eigenvalue weighted by Gasteiger charge is 2.68. The summed E-state index contributed by atoms with van der Waals surface area (Å²) in [5.41, 5.74) is 2.45. The number of hydrogen-bond donors (Lipinski definition) is 0. The number of aromatic nitrogens is 2. The van der Waals surface area contributed by atoms with Crippen molar-refractivity contribution >= 4 is 11.9 Å². The minimum atomic E-state index is -0.521. The Kier molecular flexibility index (Phi) is 3.54. The highest BCUT2D eigenvalue weighted by Crippen LogP contribution is 2.63. The van der Waals surface area contributed by atoms with Crippen molar-refractivity contribution in [1.29, 1.82) is 0 Å². The molecule has 1 saturated heterocycles. The monoisotopic (exact) mass is 345 g/mol. The molecule has 0 N–H and O–H groups in total. The average molecular weight is 345 g/mol. The number of carbonyl (C=O) groups excluding carboxylic acids is 2. The molecule has 1 saturated carbocycles. The molecular formula is C19H27N3O3. The number of fused-ring (bicyclic) bond motifs is 2. The third kappa shape index (κ3) is 2.19. The fourth-order valence-corrected chi connectivity index (χ4v) is 5.63. The van der Waals surface area contributed by atoms with Crippen LogP contribution < -0.4 is 0 Å². The van der Waals surface area contributed by atoms with E-state index in [1.807, 2.05) is 11.9 Å². The van der Waals surface area contributed by atoms with Gasteiger partial charge in [0.2, 0.25) is 0 Å². The number of aryl methyl sites for hydroxylation is 2. The minimum Gasteiger partial charge on any atom is -0.469 e. The number of esters is 1. The lowest BCUT2D eigenvalue weighted by molar-refractivity contribution is -0.174. The molecule has 1 aromatic rings. The summed E-state index contributed by atoms with van der Waals surface area (Å²) in [6.07, 6.45) is 4.92. The average Bonchev–Trinajstić information content (AvgIpc) is 3.08. The molecule has 1 aliphatic heterocycles. The lowest BCUT2D eigenvalue weighted by atomic mass is 9.48. The van der Waals surface area contributed by atoms with E-state index in [1.165, 1.54) is 7.11 Å². The Labute approximate surface area is 148 Å². The molecule has 0 aromatic carbocycles. The molecule has 2 aliphatic carbocycles. The molecule has 25 heavy (non-hydrogen) atoms. The number of amides is 1. The summed E-state index contributed by atoms with van der Waals surface area (Å²) >= 11 is 0. The SMILES string of the molecule is COC(=O)[C@@]12CN(C(=O)c3c4c(nn3C)CCCC4)C[C@@H]1C(C)(C)C2. The van der Waals surface area contributed by atoms with Gasteiger partial charge in [0, 0.05) is 25.7 Å². The summed E-state index contributed by atoms with van der Waals surface area (Å²) < 4.78 is 6.84. The van der Waals surface area contributed by atoms with Gasteiger partial charge >= 0.3 is 5.97 Å². The van der Waals surface area contributed by atoms with Gasteiger partial charge in [-0.2, -0.15) is 5.10 Å². The second kappa shape index (κ2) is 5.32. The topological polar surface area (TPSA) is 64.4 Å². The smallest absolute Gasteiger partial charge is 0.314 e. The predicted molar refractivity (Wildman–Crippen MR) is 92.1 cm³/mol. The van der Waals surface area contributed by atoms with Crippen molar-refractivity contribution < 1.29 is 14.3 Å². The van der Waals surface area contributed by atoms with Crippen LogP contribution in [-0.4, -0.2) is 46.8 Å². The molecule has 0 spiro atoms. The van der Waals surface area contributed by atoms with E-state index in [0.717, 1.165) is 43.4 Å². The largest absolute Gasteiger partial charge is 0.469 e. The first-order valence-electron chi connectivity index (χ1n) is 9.22. The fraction of sp³-hybridized carbons (Fsp3) is 0.737. The summed E-state index contributed by atoms with van der Waals surface area (Å²) in [6.45, 7) is 5.45. The maximum absolute atomic E-state index is 13.3. The molecule has 0 unspecified atom stereocenters. The van der Waals surface area contributed by atoms with E-state index in [1.54, 1.807) is 4.68 Å². The number of hydrogen-bond acceptors (Lipinski definition) is 4. The molecule has 0 radical (unpaired) electrons. The van der Waals surface area contributed by atoms with Gasteiger partial charge in [-0.05, 0) is 43.4 Å². The van der Waals surface area contributed by atoms with Crippen LogP contribution in [0.5, 0.6) is 0 Å². The molecule has 0 bridgehead atoms. The second-order valence-corrected chi connectivity index (χ2v) is 8.66. The number of rotatable bonds is 2. The minimum absolute atomic E-state index is 0.0200. The Morgan fingerprint density at radius 1 is 1.24 bits per heavy atom. The molecule has 6 heteroatoms. The van der Waals surface area contributed by atoms with E-state index in [9.17, 15) is 9.59 Å². The molecule has 2 atom stereocenters. The third-order valence-electron chi connectivity index (χ3n) is 6.66. The Morgan fingerprint density at radius 2 is 1.96 bits per heavy atom. The number of nitrogens with zero attached hydrogens (tertiary/aromatic N) is 3. The first-order chi connectivity index (χ1) is 11.8. The van der Waals surface area contributed by atoms with E-state index in [4.69, 9.17) is 4.74 Å². The summed E-state index contributed by atoms with van der Waals surface area (Å²) in [4.78, 5) is 27.6. The standard InChI is InChI=1S/C19H27N3O3/c1-18(2)10-19(17(24)25-4)11-22(9-14(18)19)16(23)15-12-7-5-6-8-13(12)20-21(15)3/h14H,5-11H2,1-4H3/t14-,19+/m1/s1. The Balaban J connectivity index is 1.65. The molecule has 2 fully saturated rings. The van der Waals surface area contributed by atoms with Crippen LogP contribution in [0.25, 0.3) is 0 Å². The zero-order chi connectivity index (χ0) is 18.0. The zero-order valence-corrected chi connectivity index (χ0v) is 15.6. The van der Waals surface area contributed by atoms with Crippen molar-refractivity contribution in [2.24, 2.45) is 23.8 Å². The highest BCUT2D eigenvalue weighted by atomic mass is 16.5. The molecule has 1 aromatic heterocycles. The maximum Gasteiger partial charge on any atom is 0.314 e. The molecule has 136 valence electrons. The summed E-state index contributed by atoms with van der Waals surface area (Å²) in [5.74, 6) is 0.0197. The molecule has 1 amide bonds. The van der Waals surface area contributed by atoms with Gasteiger partial charge in [0.15, 0.2) is 0 Å². The lowest BCUT2D eigenvalue weighted by Crippen LogP contribution is -2.57. The number of methoxy groups -OCH3 is 1. The Hall–Kier alpha value is -1.85. The van der Waals surface area contributed by atoms with E-state index in [2.05, 4.69) is 18.9 Å². The highest BCUT2D eigenvalue weighted by molar-refractivity contribution is 5.95. The third-order valence-corrected chi connectivity index (χ3v) is 6.66. The molecule has 2 heterocycles. The predicted octanol–water partition coefficient (Wildman–Crippen LogP) is 1.96. The van der Waals surface area contributed by atoms with Gasteiger partial charge < -0.3 is 9.64 Å². The quantitative estimate of drug-likeness (QED) is 0.769. The molecular weight excluding hydrogens is 318 g/mol. The van der Waals surface area contributed by atoms with Crippen LogP contribution in [0.2, 0.25) is 0 Å². The van der Waals surface area contributed by atoms with Crippen LogP contribution in [-0.2, 0) is 29.4 Å². The van der Waals surface area contributed by atoms with E-state index in [0.29, 0.717) is 18.8 Å². The molecule has 6 nitrogen and oxygen atoms in total. The number of carbonyl (C=O) groups is 2. The first-order valence-corrected chi connectivity index (χ1v) is 9.22. The van der Waals surface area contributed by atoms with Crippen molar-refractivity contribution in [3.63, 3.8) is 0 Å². The summed E-state index contributed by atoms with van der Waals surface area (Å²) in [6, 6.07) is 0. The van der Waals surface area contributed by atoms with Crippen molar-refractivity contribution in [1.82, 2.24) is 14.7 Å². The molecule has 4 rings (SSSR count). The second-order valence-electron chi connectivity index (χ2n) is 8.66. The van der Waals surface area contributed by atoms with Gasteiger partial charge in [-0.1, -0.05) is 13.8 Å². The van der Waals surface area contributed by atoms with E-state index in [-0.39, 0.29) is 23.2 Å². The van der Waals surface area contributed by atoms with Gasteiger partial charge in [-0.15, -0.1) is 0 Å². The van der Waals surface area contributed by atoms with Crippen molar-refractivity contribution in [2.75, 3.05) is 20.2 Å². The van der Waals surface area contributed by atoms with Crippen LogP contribution >= 0.6 is 0 Å². The van der Waals surface area contributed by atoms with Gasteiger partial charge in [-0.25, -0.2) is 0 Å². The van der Waals surface area contributed by atoms with Gasteiger partial charge in [0.1, 0.15) is 5.69 Å². The Bertz CT molecular complexity index is 751. The van der Waals surface area contributed by atoms with Gasteiger partial charge in [0.05, 0.1) is 18.2 Å². The first kappa shape index (κ1) is 16.6. The summed E-state index contributed by atoms with van der Waals surface area (Å²) in [5, 5.41) is 4.57. The van der Waals surface area contributed by atoms with Crippen molar-refractivity contribution in [3.8, 4) is 0 Å². The number of ether oxygens (including phenoxy) is 1.